The number of hydrogen-bond acceptors (Lipinski definition) is 3. The lowest BCUT2D eigenvalue weighted by molar-refractivity contribution is 0.403. The van der Waals surface area contributed by atoms with Gasteiger partial charge in [0.15, 0.2) is 10.1 Å². The van der Waals surface area contributed by atoms with Crippen LogP contribution in [0.25, 0.3) is 0 Å². The van der Waals surface area contributed by atoms with Crippen molar-refractivity contribution in [1.82, 2.24) is 13.7 Å². The van der Waals surface area contributed by atoms with E-state index in [4.69, 9.17) is 0 Å². The van der Waals surface area contributed by atoms with Crippen molar-refractivity contribution in [2.75, 3.05) is 0 Å². The number of hydrogen-bond donors (Lipinski definition) is 0. The first-order chi connectivity index (χ1) is 10.8. The maximum Gasteiger partial charge on any atom is 0.340 e. The van der Waals surface area contributed by atoms with Gasteiger partial charge in [-0.15, -0.1) is 0 Å². The molecule has 0 spiro atoms. The Morgan fingerprint density at radius 1 is 0.583 bits per heavy atom. The van der Waals surface area contributed by atoms with E-state index < -0.39 is 27.1 Å². The molecule has 0 amide bonds. The predicted molar refractivity (Wildman–Crippen MR) is 118 cm³/mol. The fourth-order valence-electron chi connectivity index (χ4n) is 1.86. The van der Waals surface area contributed by atoms with Crippen molar-refractivity contribution >= 4 is 95.6 Å². The number of rotatable bonds is 6. The molecule has 0 saturated carbocycles. The first-order valence-corrected chi connectivity index (χ1v) is 11.7. The average Bonchev–Trinajstić information content (AvgIpc) is 2.46. The van der Waals surface area contributed by atoms with Crippen molar-refractivity contribution in [3.8, 4) is 0 Å². The van der Waals surface area contributed by atoms with Crippen LogP contribution in [0.5, 0.6) is 0 Å². The fourth-order valence-corrected chi connectivity index (χ4v) is 3.68. The van der Waals surface area contributed by atoms with E-state index >= 15 is 0 Å². The first kappa shape index (κ1) is 23.3. The molecule has 24 heavy (non-hydrogen) atoms. The van der Waals surface area contributed by atoms with E-state index in [0.717, 1.165) is 13.7 Å². The summed E-state index contributed by atoms with van der Waals surface area (Å²) in [7, 11) is 0. The Bertz CT molecular complexity index is 658. The topological polar surface area (TPSA) is 66.0 Å². The number of alkyl halides is 6. The lowest BCUT2D eigenvalue weighted by Crippen LogP contribution is -2.62. The highest BCUT2D eigenvalue weighted by Gasteiger charge is 2.39. The van der Waals surface area contributed by atoms with Crippen molar-refractivity contribution in [1.29, 1.82) is 0 Å². The average molecular weight is 729 g/mol. The summed E-state index contributed by atoms with van der Waals surface area (Å²) in [5, 5.41) is 0. The van der Waals surface area contributed by atoms with Crippen LogP contribution in [0.4, 0.5) is 0 Å². The Balaban J connectivity index is 4.22. The van der Waals surface area contributed by atoms with E-state index in [9.17, 15) is 14.4 Å². The van der Waals surface area contributed by atoms with Gasteiger partial charge in [0.2, 0.25) is 0 Å². The zero-order chi connectivity index (χ0) is 19.1. The normalized spacial score (nSPS) is 13.4. The highest BCUT2D eigenvalue weighted by atomic mass is 79.9. The van der Waals surface area contributed by atoms with Gasteiger partial charge in [-0.25, -0.2) is 28.1 Å². The van der Waals surface area contributed by atoms with Crippen LogP contribution in [0.15, 0.2) is 14.4 Å². The molecule has 0 unspecified atom stereocenters. The van der Waals surface area contributed by atoms with Gasteiger partial charge in [0.05, 0.1) is 0 Å². The first-order valence-electron chi connectivity index (χ1n) is 6.94. The molecule has 1 aromatic rings. The maximum absolute atomic E-state index is 13.0. The van der Waals surface area contributed by atoms with Gasteiger partial charge in [0, 0.05) is 0 Å². The minimum atomic E-state index is -1.13. The van der Waals surface area contributed by atoms with E-state index in [2.05, 4.69) is 95.6 Å². The third-order valence-corrected chi connectivity index (χ3v) is 8.90. The molecule has 0 N–H and O–H groups in total. The van der Waals surface area contributed by atoms with Crippen LogP contribution in [-0.2, 0) is 10.1 Å². The third-order valence-electron chi connectivity index (χ3n) is 3.41. The third kappa shape index (κ3) is 4.23. The monoisotopic (exact) mass is 723 g/mol. The summed E-state index contributed by atoms with van der Waals surface area (Å²) in [5.74, 6) is 0. The maximum atomic E-state index is 13.0. The largest absolute Gasteiger partial charge is 0.340 e. The van der Waals surface area contributed by atoms with Crippen molar-refractivity contribution in [3.63, 3.8) is 0 Å². The quantitative estimate of drug-likeness (QED) is 0.403. The second-order valence-corrected chi connectivity index (χ2v) is 16.0. The molecule has 0 atom stereocenters. The SMILES string of the molecule is CCC(Br)(Br)n1c(=O)n(C(Br)(Br)CC)c(=O)n(C(Br)(Br)CC)c1=O. The molecule has 0 aliphatic heterocycles. The molecular weight excluding hydrogens is 714 g/mol. The summed E-state index contributed by atoms with van der Waals surface area (Å²) in [4.78, 5) is 38.9. The molecule has 1 heterocycles. The van der Waals surface area contributed by atoms with Crippen LogP contribution in [0.2, 0.25) is 0 Å². The minimum Gasteiger partial charge on any atom is -0.247 e. The molecule has 6 nitrogen and oxygen atoms in total. The Labute approximate surface area is 189 Å². The van der Waals surface area contributed by atoms with Crippen molar-refractivity contribution in [2.24, 2.45) is 0 Å². The summed E-state index contributed by atoms with van der Waals surface area (Å²) >= 11 is 20.1. The van der Waals surface area contributed by atoms with E-state index in [1.807, 2.05) is 0 Å². The number of nitrogens with zero attached hydrogens (tertiary/aromatic N) is 3. The molecule has 0 bridgehead atoms. The molecule has 1 rings (SSSR count). The van der Waals surface area contributed by atoms with Crippen LogP contribution in [0.3, 0.4) is 0 Å². The lowest BCUT2D eigenvalue weighted by Gasteiger charge is -2.30. The highest BCUT2D eigenvalue weighted by Crippen LogP contribution is 2.37. The van der Waals surface area contributed by atoms with E-state index in [0.29, 0.717) is 19.3 Å². The fraction of sp³-hybridized carbons (Fsp3) is 0.750. The van der Waals surface area contributed by atoms with Gasteiger partial charge >= 0.3 is 17.1 Å². The molecule has 0 aromatic carbocycles. The van der Waals surface area contributed by atoms with Crippen molar-refractivity contribution in [3.05, 3.63) is 31.5 Å². The van der Waals surface area contributed by atoms with Gasteiger partial charge < -0.3 is 0 Å². The molecule has 0 fully saturated rings. The Hall–Kier alpha value is 1.29. The molecule has 0 radical (unpaired) electrons. The van der Waals surface area contributed by atoms with Crippen LogP contribution in [0.1, 0.15) is 40.0 Å². The van der Waals surface area contributed by atoms with E-state index in [1.54, 1.807) is 20.8 Å². The summed E-state index contributed by atoms with van der Waals surface area (Å²) in [6.07, 6.45) is 1.15. The van der Waals surface area contributed by atoms with E-state index in [-0.39, 0.29) is 0 Å². The predicted octanol–water partition coefficient (Wildman–Crippen LogP) is 4.60. The van der Waals surface area contributed by atoms with Crippen LogP contribution in [-0.4, -0.2) is 13.7 Å². The highest BCUT2D eigenvalue weighted by molar-refractivity contribution is 9.25. The summed E-state index contributed by atoms with van der Waals surface area (Å²) < 4.78 is -0.478. The smallest absolute Gasteiger partial charge is 0.247 e. The van der Waals surface area contributed by atoms with Crippen LogP contribution >= 0.6 is 95.6 Å². The van der Waals surface area contributed by atoms with Crippen LogP contribution < -0.4 is 17.1 Å². The Morgan fingerprint density at radius 3 is 0.875 bits per heavy atom. The zero-order valence-corrected chi connectivity index (χ0v) is 22.5. The second kappa shape index (κ2) is 8.12. The Morgan fingerprint density at radius 2 is 0.750 bits per heavy atom. The van der Waals surface area contributed by atoms with Crippen molar-refractivity contribution in [2.45, 2.75) is 50.1 Å². The summed E-state index contributed by atoms with van der Waals surface area (Å²) in [6, 6.07) is 0. The number of aromatic nitrogens is 3. The van der Waals surface area contributed by atoms with Gasteiger partial charge in [0.25, 0.3) is 0 Å². The van der Waals surface area contributed by atoms with Gasteiger partial charge in [-0.2, -0.15) is 0 Å². The molecule has 1 aromatic heterocycles. The molecule has 138 valence electrons. The second-order valence-electron chi connectivity index (χ2n) is 4.91. The summed E-state index contributed by atoms with van der Waals surface area (Å²) in [5.41, 5.74) is -2.25. The van der Waals surface area contributed by atoms with Gasteiger partial charge in [-0.05, 0) is 115 Å². The molecule has 0 saturated heterocycles. The zero-order valence-electron chi connectivity index (χ0n) is 13.0. The molecule has 0 aliphatic rings. The van der Waals surface area contributed by atoms with Gasteiger partial charge in [-0.3, -0.25) is 0 Å². The molecule has 12 heteroatoms. The molecule has 0 aliphatic carbocycles. The Kier molecular flexibility index (Phi) is 7.89. The van der Waals surface area contributed by atoms with Gasteiger partial charge in [0.1, 0.15) is 0 Å². The van der Waals surface area contributed by atoms with Crippen molar-refractivity contribution < 1.29 is 0 Å². The minimum absolute atomic E-state index is 0.383. The molecular formula is C12H15Br6N3O3. The number of halogens is 6. The summed E-state index contributed by atoms with van der Waals surface area (Å²) in [6.45, 7) is 5.37. The lowest BCUT2D eigenvalue weighted by atomic mass is 10.4. The van der Waals surface area contributed by atoms with Gasteiger partial charge in [-0.1, -0.05) is 20.8 Å². The van der Waals surface area contributed by atoms with E-state index in [1.165, 1.54) is 0 Å². The van der Waals surface area contributed by atoms with Crippen LogP contribution in [0, 0.1) is 0 Å². The standard InChI is InChI=1S/C12H15Br6N3O3/c1-4-10(13,14)19-7(22)20(11(15,16)5-2)9(24)21(8(19)23)12(17,18)6-3/h4-6H2,1-3H3.